The van der Waals surface area contributed by atoms with E-state index >= 15 is 0 Å². The van der Waals surface area contributed by atoms with E-state index in [-0.39, 0.29) is 11.3 Å². The van der Waals surface area contributed by atoms with Crippen molar-refractivity contribution in [3.05, 3.63) is 34.1 Å². The Kier molecular flexibility index (Phi) is 3.70. The van der Waals surface area contributed by atoms with Gasteiger partial charge < -0.3 is 5.32 Å². The summed E-state index contributed by atoms with van der Waals surface area (Å²) >= 11 is 3.35. The van der Waals surface area contributed by atoms with Crippen LogP contribution in [0.1, 0.15) is 0 Å². The Morgan fingerprint density at radius 1 is 1.25 bits per heavy atom. The Morgan fingerprint density at radius 3 is 2.55 bits per heavy atom. The number of allylic oxidation sites excluding steroid dienone is 2. The molecule has 0 amide bonds. The summed E-state index contributed by atoms with van der Waals surface area (Å²) < 4.78 is 2.33. The maximum atomic E-state index is 9.06. The molecule has 0 aliphatic carbocycles. The van der Waals surface area contributed by atoms with Gasteiger partial charge in [0.15, 0.2) is 5.57 Å². The van der Waals surface area contributed by atoms with Crippen molar-refractivity contribution in [3.8, 4) is 18.2 Å². The van der Waals surface area contributed by atoms with E-state index in [1.807, 2.05) is 12.1 Å². The van der Waals surface area contributed by atoms with Crippen molar-refractivity contribution >= 4 is 32.5 Å². The number of nitriles is 3. The molecule has 2 aromatic rings. The van der Waals surface area contributed by atoms with Crippen molar-refractivity contribution in [3.63, 3.8) is 0 Å². The number of hydrogen-bond donors (Lipinski definition) is 1. The molecular formula is C13H7BrN6. The lowest BCUT2D eigenvalue weighted by atomic mass is 10.2. The van der Waals surface area contributed by atoms with Crippen LogP contribution in [0.5, 0.6) is 0 Å². The van der Waals surface area contributed by atoms with Gasteiger partial charge in [0.05, 0.1) is 11.2 Å². The average Bonchev–Trinajstić information content (AvgIpc) is 2.75. The summed E-state index contributed by atoms with van der Waals surface area (Å²) in [7, 11) is 1.77. The summed E-state index contributed by atoms with van der Waals surface area (Å²) in [4.78, 5) is 0. The molecule has 2 rings (SSSR count). The minimum absolute atomic E-state index is 0.0835. The Hall–Kier alpha value is -2.82. The number of nitrogens with zero attached hydrogens (tertiary/aromatic N) is 5. The van der Waals surface area contributed by atoms with Crippen LogP contribution in [-0.4, -0.2) is 9.78 Å². The van der Waals surface area contributed by atoms with Crippen LogP contribution in [0.3, 0.4) is 0 Å². The monoisotopic (exact) mass is 326 g/mol. The van der Waals surface area contributed by atoms with E-state index < -0.39 is 0 Å². The van der Waals surface area contributed by atoms with Crippen LogP contribution in [-0.2, 0) is 7.05 Å². The molecule has 0 atom stereocenters. The van der Waals surface area contributed by atoms with E-state index in [1.165, 1.54) is 0 Å². The third-order valence-corrected chi connectivity index (χ3v) is 3.25. The minimum Gasteiger partial charge on any atom is -0.343 e. The first-order chi connectivity index (χ1) is 9.62. The molecular weight excluding hydrogens is 320 g/mol. The maximum Gasteiger partial charge on any atom is 0.163 e. The lowest BCUT2D eigenvalue weighted by molar-refractivity contribution is 0.789. The van der Waals surface area contributed by atoms with Crippen molar-refractivity contribution in [2.24, 2.45) is 7.05 Å². The molecule has 20 heavy (non-hydrogen) atoms. The van der Waals surface area contributed by atoms with Crippen LogP contribution in [0.25, 0.3) is 10.9 Å². The van der Waals surface area contributed by atoms with Crippen LogP contribution in [0.15, 0.2) is 34.1 Å². The summed E-state index contributed by atoms with van der Waals surface area (Å²) in [5, 5.41) is 34.6. The lowest BCUT2D eigenvalue weighted by Crippen LogP contribution is -2.02. The van der Waals surface area contributed by atoms with Crippen LogP contribution in [0.4, 0.5) is 5.69 Å². The molecule has 0 unspecified atom stereocenters. The van der Waals surface area contributed by atoms with Crippen LogP contribution in [0, 0.1) is 34.0 Å². The first kappa shape index (κ1) is 13.6. The largest absolute Gasteiger partial charge is 0.343 e. The summed E-state index contributed by atoms with van der Waals surface area (Å²) in [5.41, 5.74) is 1.02. The number of hydrogen-bond acceptors (Lipinski definition) is 5. The van der Waals surface area contributed by atoms with Gasteiger partial charge in [0.25, 0.3) is 0 Å². The molecule has 0 aliphatic heterocycles. The zero-order chi connectivity index (χ0) is 14.7. The quantitative estimate of drug-likeness (QED) is 0.854. The van der Waals surface area contributed by atoms with Gasteiger partial charge in [-0.2, -0.15) is 20.9 Å². The van der Waals surface area contributed by atoms with Gasteiger partial charge >= 0.3 is 0 Å². The smallest absolute Gasteiger partial charge is 0.163 e. The molecule has 1 N–H and O–H groups in total. The Balaban J connectivity index is 2.62. The van der Waals surface area contributed by atoms with Crippen LogP contribution in [0.2, 0.25) is 0 Å². The molecule has 1 aromatic heterocycles. The maximum absolute atomic E-state index is 9.06. The fourth-order valence-corrected chi connectivity index (χ4v) is 2.37. The van der Waals surface area contributed by atoms with Gasteiger partial charge in [0, 0.05) is 12.4 Å². The molecule has 6 nitrogen and oxygen atoms in total. The predicted molar refractivity (Wildman–Crippen MR) is 75.9 cm³/mol. The molecule has 0 spiro atoms. The molecule has 1 heterocycles. The SMILES string of the molecule is Cn1nc(Br)c2cccc(NC(C#N)=C(C#N)C#N)c21. The Morgan fingerprint density at radius 2 is 1.95 bits per heavy atom. The van der Waals surface area contributed by atoms with E-state index in [2.05, 4.69) is 26.3 Å². The van der Waals surface area contributed by atoms with Crippen molar-refractivity contribution in [1.29, 1.82) is 15.8 Å². The molecule has 0 radical (unpaired) electrons. The van der Waals surface area contributed by atoms with Crippen LogP contribution >= 0.6 is 15.9 Å². The second kappa shape index (κ2) is 5.44. The van der Waals surface area contributed by atoms with Crippen LogP contribution < -0.4 is 5.32 Å². The molecule has 96 valence electrons. The normalized spacial score (nSPS) is 9.35. The lowest BCUT2D eigenvalue weighted by Gasteiger charge is -2.07. The van der Waals surface area contributed by atoms with E-state index in [9.17, 15) is 0 Å². The van der Waals surface area contributed by atoms with Gasteiger partial charge in [0.2, 0.25) is 0 Å². The highest BCUT2D eigenvalue weighted by Crippen LogP contribution is 2.29. The first-order valence-electron chi connectivity index (χ1n) is 5.45. The number of aryl methyl sites for hydroxylation is 1. The summed E-state index contributed by atoms with van der Waals surface area (Å²) in [6.45, 7) is 0. The third kappa shape index (κ3) is 2.21. The Labute approximate surface area is 123 Å². The number of anilines is 1. The molecule has 0 aliphatic rings. The number of aromatic nitrogens is 2. The Bertz CT molecular complexity index is 825. The summed E-state index contributed by atoms with van der Waals surface area (Å²) in [6, 6.07) is 10.6. The average molecular weight is 327 g/mol. The van der Waals surface area contributed by atoms with Crippen molar-refractivity contribution in [1.82, 2.24) is 9.78 Å². The molecule has 0 saturated heterocycles. The number of para-hydroxylation sites is 1. The second-order valence-corrected chi connectivity index (χ2v) is 4.58. The van der Waals surface area contributed by atoms with Gasteiger partial charge in [-0.1, -0.05) is 6.07 Å². The van der Waals surface area contributed by atoms with Crippen molar-refractivity contribution < 1.29 is 0 Å². The standard InChI is InChI=1S/C13H7BrN6/c1-20-12-9(13(14)19-20)3-2-4-10(12)18-11(7-17)8(5-15)6-16/h2-4,18H,1H3. The van der Waals surface area contributed by atoms with Crippen molar-refractivity contribution in [2.75, 3.05) is 5.32 Å². The number of nitrogens with one attached hydrogen (secondary N) is 1. The zero-order valence-electron chi connectivity index (χ0n) is 10.3. The number of halogens is 1. The summed E-state index contributed by atoms with van der Waals surface area (Å²) in [6.07, 6.45) is 0. The topological polar surface area (TPSA) is 101 Å². The highest BCUT2D eigenvalue weighted by Gasteiger charge is 2.13. The van der Waals surface area contributed by atoms with Gasteiger partial charge in [-0.15, -0.1) is 0 Å². The zero-order valence-corrected chi connectivity index (χ0v) is 11.9. The highest BCUT2D eigenvalue weighted by atomic mass is 79.9. The van der Waals surface area contributed by atoms with E-state index in [0.29, 0.717) is 10.3 Å². The predicted octanol–water partition coefficient (Wildman–Crippen LogP) is 2.57. The van der Waals surface area contributed by atoms with E-state index in [0.717, 1.165) is 10.9 Å². The fraction of sp³-hybridized carbons (Fsp3) is 0.0769. The molecule has 7 heteroatoms. The second-order valence-electron chi connectivity index (χ2n) is 3.83. The molecule has 0 fully saturated rings. The number of fused-ring (bicyclic) bond motifs is 1. The van der Waals surface area contributed by atoms with E-state index in [4.69, 9.17) is 15.8 Å². The van der Waals surface area contributed by atoms with Gasteiger partial charge in [-0.3, -0.25) is 4.68 Å². The van der Waals surface area contributed by atoms with Gasteiger partial charge in [-0.25, -0.2) is 0 Å². The number of rotatable bonds is 2. The highest BCUT2D eigenvalue weighted by molar-refractivity contribution is 9.10. The van der Waals surface area contributed by atoms with Gasteiger partial charge in [-0.05, 0) is 28.1 Å². The van der Waals surface area contributed by atoms with Gasteiger partial charge in [0.1, 0.15) is 28.5 Å². The number of benzene rings is 1. The van der Waals surface area contributed by atoms with E-state index in [1.54, 1.807) is 36.0 Å². The fourth-order valence-electron chi connectivity index (χ4n) is 1.81. The molecule has 0 bridgehead atoms. The third-order valence-electron chi connectivity index (χ3n) is 2.66. The molecule has 1 aromatic carbocycles. The first-order valence-corrected chi connectivity index (χ1v) is 6.24. The summed E-state index contributed by atoms with van der Waals surface area (Å²) in [5.74, 6) is 0. The van der Waals surface area contributed by atoms with Crippen molar-refractivity contribution in [2.45, 2.75) is 0 Å². The minimum atomic E-state index is -0.259. The molecule has 0 saturated carbocycles.